The van der Waals surface area contributed by atoms with Crippen molar-refractivity contribution in [3.8, 4) is 0 Å². The summed E-state index contributed by atoms with van der Waals surface area (Å²) in [4.78, 5) is 23.5. The van der Waals surface area contributed by atoms with Gasteiger partial charge in [-0.2, -0.15) is 0 Å². The van der Waals surface area contributed by atoms with Crippen LogP contribution in [0.15, 0.2) is 24.4 Å². The van der Waals surface area contributed by atoms with Gasteiger partial charge in [0.05, 0.1) is 11.3 Å². The number of nitro benzene ring substituents is 1. The number of carboxylic acid groups (broad SMARTS) is 1. The van der Waals surface area contributed by atoms with Crippen molar-refractivity contribution in [2.24, 2.45) is 0 Å². The number of nitrogens with zero attached hydrogens (tertiary/aromatic N) is 1. The monoisotopic (exact) mass is 220 g/mol. The first-order chi connectivity index (χ1) is 7.58. The van der Waals surface area contributed by atoms with Crippen LogP contribution in [-0.2, 0) is 11.2 Å². The van der Waals surface area contributed by atoms with E-state index in [4.69, 9.17) is 5.11 Å². The first kappa shape index (κ1) is 10.2. The molecule has 2 aromatic rings. The summed E-state index contributed by atoms with van der Waals surface area (Å²) >= 11 is 0. The molecule has 0 aliphatic carbocycles. The van der Waals surface area contributed by atoms with Crippen molar-refractivity contribution >= 4 is 22.6 Å². The Morgan fingerprint density at radius 2 is 2.25 bits per heavy atom. The number of non-ortho nitro benzene ring substituents is 1. The van der Waals surface area contributed by atoms with E-state index >= 15 is 0 Å². The summed E-state index contributed by atoms with van der Waals surface area (Å²) in [5.74, 6) is -0.965. The maximum absolute atomic E-state index is 10.6. The van der Waals surface area contributed by atoms with Gasteiger partial charge in [0.15, 0.2) is 0 Å². The van der Waals surface area contributed by atoms with Gasteiger partial charge in [-0.3, -0.25) is 14.9 Å². The van der Waals surface area contributed by atoms with Crippen LogP contribution < -0.4 is 0 Å². The number of fused-ring (bicyclic) bond motifs is 1. The minimum Gasteiger partial charge on any atom is -0.481 e. The van der Waals surface area contributed by atoms with E-state index in [0.29, 0.717) is 16.5 Å². The molecule has 0 bridgehead atoms. The van der Waals surface area contributed by atoms with Crippen LogP contribution in [0.2, 0.25) is 0 Å². The number of aromatic amines is 1. The van der Waals surface area contributed by atoms with E-state index in [1.807, 2.05) is 0 Å². The van der Waals surface area contributed by atoms with Crippen LogP contribution in [-0.4, -0.2) is 21.0 Å². The third kappa shape index (κ3) is 1.72. The predicted molar refractivity (Wildman–Crippen MR) is 56.3 cm³/mol. The Labute approximate surface area is 89.7 Å². The van der Waals surface area contributed by atoms with Gasteiger partial charge in [0.25, 0.3) is 5.69 Å². The van der Waals surface area contributed by atoms with Crippen LogP contribution in [0.1, 0.15) is 5.56 Å². The molecule has 2 N–H and O–H groups in total. The SMILES string of the molecule is O=C(O)Cc1c[nH]c2ccc([N+](=O)[O-])cc12. The molecule has 1 aromatic carbocycles. The van der Waals surface area contributed by atoms with E-state index < -0.39 is 10.9 Å². The number of benzene rings is 1. The second-order valence-corrected chi connectivity index (χ2v) is 3.37. The molecule has 0 spiro atoms. The Morgan fingerprint density at radius 1 is 1.50 bits per heavy atom. The molecule has 0 saturated carbocycles. The van der Waals surface area contributed by atoms with Crippen molar-refractivity contribution in [3.05, 3.63) is 40.1 Å². The third-order valence-corrected chi connectivity index (χ3v) is 2.30. The lowest BCUT2D eigenvalue weighted by Gasteiger charge is -1.95. The molecule has 0 amide bonds. The number of rotatable bonds is 3. The topological polar surface area (TPSA) is 96.2 Å². The maximum Gasteiger partial charge on any atom is 0.307 e. The number of aliphatic carboxylic acids is 1. The molecule has 0 atom stereocenters. The minimum atomic E-state index is -0.965. The molecule has 0 radical (unpaired) electrons. The molecular weight excluding hydrogens is 212 g/mol. The highest BCUT2D eigenvalue weighted by molar-refractivity contribution is 5.88. The number of hydrogen-bond acceptors (Lipinski definition) is 3. The number of aromatic nitrogens is 1. The number of nitro groups is 1. The Hall–Kier alpha value is -2.37. The van der Waals surface area contributed by atoms with Gasteiger partial charge in [0.1, 0.15) is 0 Å². The third-order valence-electron chi connectivity index (χ3n) is 2.30. The highest BCUT2D eigenvalue weighted by Crippen LogP contribution is 2.23. The van der Waals surface area contributed by atoms with Crippen LogP contribution in [0.4, 0.5) is 5.69 Å². The van der Waals surface area contributed by atoms with E-state index in [1.165, 1.54) is 12.1 Å². The molecule has 2 rings (SSSR count). The summed E-state index contributed by atoms with van der Waals surface area (Å²) in [5.41, 5.74) is 1.20. The van der Waals surface area contributed by atoms with Crippen LogP contribution >= 0.6 is 0 Å². The first-order valence-corrected chi connectivity index (χ1v) is 4.54. The average molecular weight is 220 g/mol. The zero-order chi connectivity index (χ0) is 11.7. The van der Waals surface area contributed by atoms with Crippen molar-refractivity contribution in [2.75, 3.05) is 0 Å². The van der Waals surface area contributed by atoms with Gasteiger partial charge in [-0.05, 0) is 11.6 Å². The minimum absolute atomic E-state index is 0.0428. The van der Waals surface area contributed by atoms with Gasteiger partial charge in [-0.1, -0.05) is 0 Å². The quantitative estimate of drug-likeness (QED) is 0.607. The van der Waals surface area contributed by atoms with E-state index in [0.717, 1.165) is 0 Å². The number of nitrogens with one attached hydrogen (secondary N) is 1. The molecule has 0 fully saturated rings. The number of hydrogen-bond donors (Lipinski definition) is 2. The average Bonchev–Trinajstić information content (AvgIpc) is 2.60. The number of carbonyl (C=O) groups is 1. The van der Waals surface area contributed by atoms with Crippen molar-refractivity contribution in [1.82, 2.24) is 4.98 Å². The summed E-state index contributed by atoms with van der Waals surface area (Å²) in [6.07, 6.45) is 1.41. The lowest BCUT2D eigenvalue weighted by molar-refractivity contribution is -0.384. The molecule has 82 valence electrons. The summed E-state index contributed by atoms with van der Waals surface area (Å²) in [5, 5.41) is 19.8. The normalized spacial score (nSPS) is 10.5. The first-order valence-electron chi connectivity index (χ1n) is 4.54. The fourth-order valence-corrected chi connectivity index (χ4v) is 1.59. The number of carboxylic acids is 1. The molecule has 1 aromatic heterocycles. The van der Waals surface area contributed by atoms with E-state index in [9.17, 15) is 14.9 Å². The van der Waals surface area contributed by atoms with Gasteiger partial charge in [0.2, 0.25) is 0 Å². The molecular formula is C10H8N2O4. The Morgan fingerprint density at radius 3 is 2.88 bits per heavy atom. The van der Waals surface area contributed by atoms with Crippen LogP contribution in [0, 0.1) is 10.1 Å². The maximum atomic E-state index is 10.6. The summed E-state index contributed by atoms with van der Waals surface area (Å²) in [7, 11) is 0. The zero-order valence-electron chi connectivity index (χ0n) is 8.14. The van der Waals surface area contributed by atoms with Crippen molar-refractivity contribution in [3.63, 3.8) is 0 Å². The highest BCUT2D eigenvalue weighted by Gasteiger charge is 2.12. The van der Waals surface area contributed by atoms with Crippen LogP contribution in [0.5, 0.6) is 0 Å². The molecule has 0 unspecified atom stereocenters. The largest absolute Gasteiger partial charge is 0.481 e. The van der Waals surface area contributed by atoms with Gasteiger partial charge in [-0.25, -0.2) is 0 Å². The fourth-order valence-electron chi connectivity index (χ4n) is 1.59. The number of H-pyrrole nitrogens is 1. The molecule has 0 aliphatic rings. The van der Waals surface area contributed by atoms with Crippen molar-refractivity contribution in [2.45, 2.75) is 6.42 Å². The molecule has 0 saturated heterocycles. The lowest BCUT2D eigenvalue weighted by atomic mass is 10.1. The van der Waals surface area contributed by atoms with Crippen molar-refractivity contribution < 1.29 is 14.8 Å². The lowest BCUT2D eigenvalue weighted by Crippen LogP contribution is -1.98. The second kappa shape index (κ2) is 3.65. The molecule has 16 heavy (non-hydrogen) atoms. The van der Waals surface area contributed by atoms with E-state index in [1.54, 1.807) is 12.3 Å². The van der Waals surface area contributed by atoms with Gasteiger partial charge >= 0.3 is 5.97 Å². The summed E-state index contributed by atoms with van der Waals surface area (Å²) < 4.78 is 0. The fraction of sp³-hybridized carbons (Fsp3) is 0.100. The van der Waals surface area contributed by atoms with Crippen LogP contribution in [0.3, 0.4) is 0 Å². The van der Waals surface area contributed by atoms with Gasteiger partial charge in [0, 0.05) is 29.2 Å². The van der Waals surface area contributed by atoms with Crippen molar-refractivity contribution in [1.29, 1.82) is 0 Å². The standard InChI is InChI=1S/C10H8N2O4/c13-10(14)3-6-5-11-9-2-1-7(12(15)16)4-8(6)9/h1-2,4-5,11H,3H2,(H,13,14). The Kier molecular flexibility index (Phi) is 2.32. The highest BCUT2D eigenvalue weighted by atomic mass is 16.6. The smallest absolute Gasteiger partial charge is 0.307 e. The molecule has 1 heterocycles. The molecule has 6 heteroatoms. The Bertz CT molecular complexity index is 573. The Balaban J connectivity index is 2.55. The summed E-state index contributed by atoms with van der Waals surface area (Å²) in [6.45, 7) is 0. The van der Waals surface area contributed by atoms with E-state index in [-0.39, 0.29) is 12.1 Å². The van der Waals surface area contributed by atoms with Crippen LogP contribution in [0.25, 0.3) is 10.9 Å². The van der Waals surface area contributed by atoms with Gasteiger partial charge < -0.3 is 10.1 Å². The predicted octanol–water partition coefficient (Wildman–Crippen LogP) is 1.70. The molecule has 0 aliphatic heterocycles. The van der Waals surface area contributed by atoms with Gasteiger partial charge in [-0.15, -0.1) is 0 Å². The second-order valence-electron chi connectivity index (χ2n) is 3.37. The molecule has 6 nitrogen and oxygen atoms in total. The van der Waals surface area contributed by atoms with E-state index in [2.05, 4.69) is 4.98 Å². The zero-order valence-corrected chi connectivity index (χ0v) is 8.14. The summed E-state index contributed by atoms with van der Waals surface area (Å²) in [6, 6.07) is 4.33.